The molecule has 0 saturated heterocycles. The quantitative estimate of drug-likeness (QED) is 0.640. The summed E-state index contributed by atoms with van der Waals surface area (Å²) in [6, 6.07) is 11.2. The van der Waals surface area contributed by atoms with Gasteiger partial charge in [0.25, 0.3) is 5.91 Å². The fourth-order valence-electron chi connectivity index (χ4n) is 2.97. The number of nitrogens with one attached hydrogen (secondary N) is 2. The lowest BCUT2D eigenvalue weighted by Crippen LogP contribution is -2.15. The highest BCUT2D eigenvalue weighted by Gasteiger charge is 2.28. The number of amides is 1. The summed E-state index contributed by atoms with van der Waals surface area (Å²) in [5.41, 5.74) is 2.97. The maximum absolute atomic E-state index is 13.0. The van der Waals surface area contributed by atoms with Crippen molar-refractivity contribution in [2.75, 3.05) is 11.6 Å². The first kappa shape index (κ1) is 18.2. The predicted molar refractivity (Wildman–Crippen MR) is 107 cm³/mol. The number of nitrogens with zero attached hydrogens (tertiary/aromatic N) is 4. The zero-order valence-corrected chi connectivity index (χ0v) is 16.3. The molecule has 1 aromatic carbocycles. The predicted octanol–water partition coefficient (Wildman–Crippen LogP) is 3.90. The van der Waals surface area contributed by atoms with E-state index in [0.29, 0.717) is 33.6 Å². The van der Waals surface area contributed by atoms with E-state index in [1.54, 1.807) is 12.1 Å². The fourth-order valence-corrected chi connectivity index (χ4v) is 3.53. The highest BCUT2D eigenvalue weighted by atomic mass is 32.2. The molecule has 0 unspecified atom stereocenters. The van der Waals surface area contributed by atoms with Gasteiger partial charge in [0.2, 0.25) is 0 Å². The second-order valence-corrected chi connectivity index (χ2v) is 7.44. The first-order chi connectivity index (χ1) is 13.6. The van der Waals surface area contributed by atoms with E-state index >= 15 is 0 Å². The molecular formula is C20H18N6OS. The number of pyridine rings is 1. The largest absolute Gasteiger partial charge is 0.322 e. The van der Waals surface area contributed by atoms with Gasteiger partial charge in [0.05, 0.1) is 11.1 Å². The topological polar surface area (TPSA) is 107 Å². The summed E-state index contributed by atoms with van der Waals surface area (Å²) < 4.78 is 0. The highest BCUT2D eigenvalue weighted by molar-refractivity contribution is 7.98. The molecule has 0 atom stereocenters. The summed E-state index contributed by atoms with van der Waals surface area (Å²) in [6.45, 7) is 1.83. The molecule has 0 aliphatic heterocycles. The normalized spacial score (nSPS) is 13.2. The number of carbonyl (C=O) groups excluding carboxylic acids is 1. The van der Waals surface area contributed by atoms with Crippen LogP contribution in [0.15, 0.2) is 35.4 Å². The molecule has 0 spiro atoms. The Kier molecular flexibility index (Phi) is 4.84. The SMILES string of the molecule is CSc1nc(C2CC2)cc(C(=O)Nc2cccc(-c3n[nH]c(C)n3)c2)c1C#N. The molecular weight excluding hydrogens is 372 g/mol. The average Bonchev–Trinajstić information content (AvgIpc) is 3.47. The summed E-state index contributed by atoms with van der Waals surface area (Å²) in [7, 11) is 0. The third-order valence-electron chi connectivity index (χ3n) is 4.53. The van der Waals surface area contributed by atoms with E-state index < -0.39 is 0 Å². The second kappa shape index (κ2) is 7.44. The Bertz CT molecular complexity index is 1100. The van der Waals surface area contributed by atoms with Gasteiger partial charge in [-0.25, -0.2) is 9.97 Å². The molecule has 1 amide bonds. The van der Waals surface area contributed by atoms with Crippen LogP contribution in [0.1, 0.15) is 46.2 Å². The van der Waals surface area contributed by atoms with Crippen molar-refractivity contribution >= 4 is 23.4 Å². The minimum Gasteiger partial charge on any atom is -0.322 e. The first-order valence-corrected chi connectivity index (χ1v) is 10.1. The fraction of sp³-hybridized carbons (Fsp3) is 0.250. The molecule has 2 heterocycles. The molecule has 28 heavy (non-hydrogen) atoms. The minimum absolute atomic E-state index is 0.315. The number of H-pyrrole nitrogens is 1. The van der Waals surface area contributed by atoms with Crippen LogP contribution >= 0.6 is 11.8 Å². The van der Waals surface area contributed by atoms with Gasteiger partial charge in [-0.3, -0.25) is 9.89 Å². The van der Waals surface area contributed by atoms with Crippen LogP contribution < -0.4 is 5.32 Å². The molecule has 1 aliphatic carbocycles. The number of thioether (sulfide) groups is 1. The van der Waals surface area contributed by atoms with E-state index in [-0.39, 0.29) is 5.91 Å². The highest BCUT2D eigenvalue weighted by Crippen LogP contribution is 2.40. The summed E-state index contributed by atoms with van der Waals surface area (Å²) in [5, 5.41) is 20.0. The Hall–Kier alpha value is -3.18. The molecule has 4 rings (SSSR count). The molecule has 8 heteroatoms. The van der Waals surface area contributed by atoms with Crippen molar-refractivity contribution in [2.45, 2.75) is 30.7 Å². The number of rotatable bonds is 5. The third kappa shape index (κ3) is 3.62. The lowest BCUT2D eigenvalue weighted by molar-refractivity contribution is 0.102. The van der Waals surface area contributed by atoms with E-state index in [0.717, 1.165) is 29.9 Å². The lowest BCUT2D eigenvalue weighted by Gasteiger charge is -2.11. The summed E-state index contributed by atoms with van der Waals surface area (Å²) >= 11 is 1.39. The van der Waals surface area contributed by atoms with Crippen LogP contribution in [-0.4, -0.2) is 32.3 Å². The van der Waals surface area contributed by atoms with Crippen LogP contribution in [0.4, 0.5) is 5.69 Å². The Morgan fingerprint density at radius 2 is 2.14 bits per heavy atom. The number of hydrogen-bond donors (Lipinski definition) is 2. The van der Waals surface area contributed by atoms with E-state index in [9.17, 15) is 10.1 Å². The second-order valence-electron chi connectivity index (χ2n) is 6.64. The van der Waals surface area contributed by atoms with Crippen molar-refractivity contribution in [1.29, 1.82) is 5.26 Å². The van der Waals surface area contributed by atoms with Crippen molar-refractivity contribution in [2.24, 2.45) is 0 Å². The van der Waals surface area contributed by atoms with Gasteiger partial charge in [-0.15, -0.1) is 11.8 Å². The Morgan fingerprint density at radius 1 is 1.32 bits per heavy atom. The van der Waals surface area contributed by atoms with Crippen molar-refractivity contribution < 1.29 is 4.79 Å². The van der Waals surface area contributed by atoms with Crippen LogP contribution in [0.2, 0.25) is 0 Å². The molecule has 1 aliphatic rings. The van der Waals surface area contributed by atoms with Gasteiger partial charge in [0, 0.05) is 22.9 Å². The van der Waals surface area contributed by atoms with E-state index in [1.165, 1.54) is 11.8 Å². The van der Waals surface area contributed by atoms with Gasteiger partial charge in [-0.1, -0.05) is 12.1 Å². The number of aromatic nitrogens is 4. The van der Waals surface area contributed by atoms with Crippen LogP contribution in [0.5, 0.6) is 0 Å². The van der Waals surface area contributed by atoms with Crippen molar-refractivity contribution in [3.05, 3.63) is 53.0 Å². The molecule has 7 nitrogen and oxygen atoms in total. The number of benzene rings is 1. The zero-order chi connectivity index (χ0) is 19.7. The Balaban J connectivity index is 1.65. The number of nitriles is 1. The molecule has 2 aromatic heterocycles. The van der Waals surface area contributed by atoms with Crippen molar-refractivity contribution in [3.8, 4) is 17.5 Å². The zero-order valence-electron chi connectivity index (χ0n) is 15.5. The molecule has 1 saturated carbocycles. The van der Waals surface area contributed by atoms with Gasteiger partial charge in [0.1, 0.15) is 16.9 Å². The standard InChI is InChI=1S/C20H18N6OS/c1-11-22-18(26-25-11)13-4-3-5-14(8-13)23-19(27)15-9-17(12-6-7-12)24-20(28-2)16(15)10-21/h3-5,8-9,12H,6-7H2,1-2H3,(H,23,27)(H,22,25,26). The lowest BCUT2D eigenvalue weighted by atomic mass is 10.1. The number of hydrogen-bond acceptors (Lipinski definition) is 6. The molecule has 2 N–H and O–H groups in total. The first-order valence-electron chi connectivity index (χ1n) is 8.89. The van der Waals surface area contributed by atoms with Gasteiger partial charge in [-0.05, 0) is 44.2 Å². The van der Waals surface area contributed by atoms with Gasteiger partial charge in [-0.2, -0.15) is 10.4 Å². The van der Waals surface area contributed by atoms with E-state index in [4.69, 9.17) is 0 Å². The number of anilines is 1. The maximum Gasteiger partial charge on any atom is 0.257 e. The molecule has 140 valence electrons. The van der Waals surface area contributed by atoms with Crippen LogP contribution in [-0.2, 0) is 0 Å². The van der Waals surface area contributed by atoms with Crippen molar-refractivity contribution in [1.82, 2.24) is 20.2 Å². The molecule has 0 radical (unpaired) electrons. The molecule has 0 bridgehead atoms. The smallest absolute Gasteiger partial charge is 0.257 e. The van der Waals surface area contributed by atoms with Crippen molar-refractivity contribution in [3.63, 3.8) is 0 Å². The monoisotopic (exact) mass is 390 g/mol. The van der Waals surface area contributed by atoms with Gasteiger partial charge >= 0.3 is 0 Å². The van der Waals surface area contributed by atoms with Gasteiger partial charge in [0.15, 0.2) is 5.82 Å². The Labute approximate surface area is 166 Å². The van der Waals surface area contributed by atoms with Gasteiger partial charge < -0.3 is 5.32 Å². The molecule has 3 aromatic rings. The summed E-state index contributed by atoms with van der Waals surface area (Å²) in [4.78, 5) is 21.9. The number of aryl methyl sites for hydroxylation is 1. The molecule has 1 fully saturated rings. The average molecular weight is 390 g/mol. The number of aromatic amines is 1. The maximum atomic E-state index is 13.0. The van der Waals surface area contributed by atoms with E-state index in [1.807, 2.05) is 31.4 Å². The summed E-state index contributed by atoms with van der Waals surface area (Å²) in [6.07, 6.45) is 4.02. The van der Waals surface area contributed by atoms with Crippen LogP contribution in [0.3, 0.4) is 0 Å². The van der Waals surface area contributed by atoms with Crippen LogP contribution in [0.25, 0.3) is 11.4 Å². The third-order valence-corrected chi connectivity index (χ3v) is 5.21. The van der Waals surface area contributed by atoms with Crippen LogP contribution in [0, 0.1) is 18.3 Å². The minimum atomic E-state index is -0.320. The number of carbonyl (C=O) groups is 1. The summed E-state index contributed by atoms with van der Waals surface area (Å²) in [5.74, 6) is 1.36. The van der Waals surface area contributed by atoms with E-state index in [2.05, 4.69) is 31.6 Å². The Morgan fingerprint density at radius 3 is 2.79 bits per heavy atom.